The van der Waals surface area contributed by atoms with Crippen molar-refractivity contribution in [1.82, 2.24) is 20.4 Å². The Labute approximate surface area is 199 Å². The van der Waals surface area contributed by atoms with E-state index >= 15 is 0 Å². The van der Waals surface area contributed by atoms with Crippen LogP contribution in [0.4, 0.5) is 0 Å². The van der Waals surface area contributed by atoms with Crippen molar-refractivity contribution in [2.45, 2.75) is 25.9 Å². The number of nitrogens with zero attached hydrogens (tertiary/aromatic N) is 3. The second kappa shape index (κ2) is 13.6. The highest BCUT2D eigenvalue weighted by atomic mass is 127. The quantitative estimate of drug-likeness (QED) is 0.333. The first kappa shape index (κ1) is 24.6. The molecule has 2 aromatic carbocycles. The van der Waals surface area contributed by atoms with Gasteiger partial charge in [-0.05, 0) is 49.7 Å². The van der Waals surface area contributed by atoms with E-state index in [-0.39, 0.29) is 24.0 Å². The van der Waals surface area contributed by atoms with Gasteiger partial charge < -0.3 is 15.5 Å². The number of benzene rings is 2. The molecule has 164 valence electrons. The Morgan fingerprint density at radius 2 is 1.60 bits per heavy atom. The smallest absolute Gasteiger partial charge is 0.191 e. The van der Waals surface area contributed by atoms with Crippen LogP contribution in [-0.4, -0.2) is 62.6 Å². The maximum Gasteiger partial charge on any atom is 0.191 e. The summed E-state index contributed by atoms with van der Waals surface area (Å²) in [6, 6.07) is 19.5. The van der Waals surface area contributed by atoms with Crippen LogP contribution in [0.3, 0.4) is 0 Å². The lowest BCUT2D eigenvalue weighted by molar-refractivity contribution is 0.269. The van der Waals surface area contributed by atoms with E-state index in [1.165, 1.54) is 42.7 Å². The lowest BCUT2D eigenvalue weighted by atomic mass is 10.1. The Balaban J connectivity index is 0.00000320. The van der Waals surface area contributed by atoms with Crippen molar-refractivity contribution in [3.05, 3.63) is 71.3 Å². The molecule has 3 rings (SSSR count). The summed E-state index contributed by atoms with van der Waals surface area (Å²) >= 11 is 0. The van der Waals surface area contributed by atoms with Gasteiger partial charge in [0.1, 0.15) is 0 Å². The molecule has 0 unspecified atom stereocenters. The van der Waals surface area contributed by atoms with Crippen LogP contribution in [0, 0.1) is 0 Å². The van der Waals surface area contributed by atoms with Crippen molar-refractivity contribution in [2.75, 3.05) is 46.8 Å². The highest BCUT2D eigenvalue weighted by Gasteiger charge is 2.12. The number of nitrogens with one attached hydrogen (secondary N) is 2. The summed E-state index contributed by atoms with van der Waals surface area (Å²) in [6.45, 7) is 7.42. The summed E-state index contributed by atoms with van der Waals surface area (Å²) in [4.78, 5) is 9.32. The third kappa shape index (κ3) is 8.62. The Kier molecular flexibility index (Phi) is 11.2. The van der Waals surface area contributed by atoms with Gasteiger partial charge in [-0.25, -0.2) is 0 Å². The monoisotopic (exact) mass is 521 g/mol. The second-order valence-corrected chi connectivity index (χ2v) is 7.84. The largest absolute Gasteiger partial charge is 0.356 e. The zero-order valence-electron chi connectivity index (χ0n) is 18.3. The van der Waals surface area contributed by atoms with Gasteiger partial charge in [0.2, 0.25) is 0 Å². The van der Waals surface area contributed by atoms with Crippen molar-refractivity contribution in [3.8, 4) is 0 Å². The van der Waals surface area contributed by atoms with Gasteiger partial charge in [0.15, 0.2) is 5.96 Å². The third-order valence-electron chi connectivity index (χ3n) is 5.47. The molecule has 0 spiro atoms. The van der Waals surface area contributed by atoms with Crippen LogP contribution in [0.5, 0.6) is 0 Å². The van der Waals surface area contributed by atoms with Crippen molar-refractivity contribution < 1.29 is 0 Å². The van der Waals surface area contributed by atoms with Crippen LogP contribution in [-0.2, 0) is 19.5 Å². The van der Waals surface area contributed by atoms with Crippen molar-refractivity contribution >= 4 is 29.9 Å². The number of hydrogen-bond acceptors (Lipinski definition) is 3. The van der Waals surface area contributed by atoms with Gasteiger partial charge in [-0.1, -0.05) is 54.6 Å². The molecule has 1 heterocycles. The number of likely N-dealkylation sites (N-methyl/N-ethyl adjacent to an activating group) is 1. The van der Waals surface area contributed by atoms with Crippen LogP contribution in [0.15, 0.2) is 59.6 Å². The van der Waals surface area contributed by atoms with Crippen LogP contribution < -0.4 is 10.6 Å². The average Bonchev–Trinajstić information content (AvgIpc) is 2.96. The predicted octanol–water partition coefficient (Wildman–Crippen LogP) is 3.35. The molecule has 0 aromatic heterocycles. The Morgan fingerprint density at radius 1 is 0.867 bits per heavy atom. The lowest BCUT2D eigenvalue weighted by Gasteiger charge is -2.20. The van der Waals surface area contributed by atoms with E-state index < -0.39 is 0 Å². The van der Waals surface area contributed by atoms with Gasteiger partial charge in [0.25, 0.3) is 0 Å². The van der Waals surface area contributed by atoms with E-state index in [1.807, 2.05) is 7.05 Å². The minimum absolute atomic E-state index is 0. The standard InChI is InChI=1S/C24H35N5.HI/c1-25-24(26-14-13-21-7-4-3-5-8-21)27-19-22-9-11-23(12-10-22)20-29-16-6-15-28(2)17-18-29;/h3-5,7-12H,6,13-20H2,1-2H3,(H2,25,26,27);1H. The molecular formula is C24H36IN5. The van der Waals surface area contributed by atoms with E-state index in [1.54, 1.807) is 0 Å². The molecule has 30 heavy (non-hydrogen) atoms. The van der Waals surface area contributed by atoms with Gasteiger partial charge in [-0.15, -0.1) is 24.0 Å². The number of guanidine groups is 1. The van der Waals surface area contributed by atoms with Crippen LogP contribution in [0.2, 0.25) is 0 Å². The van der Waals surface area contributed by atoms with Crippen molar-refractivity contribution in [3.63, 3.8) is 0 Å². The Bertz CT molecular complexity index is 748. The van der Waals surface area contributed by atoms with Crippen LogP contribution in [0.1, 0.15) is 23.1 Å². The summed E-state index contributed by atoms with van der Waals surface area (Å²) in [5.41, 5.74) is 4.00. The zero-order valence-corrected chi connectivity index (χ0v) is 20.6. The summed E-state index contributed by atoms with van der Waals surface area (Å²) in [5.74, 6) is 0.846. The Hall–Kier alpha value is -1.64. The van der Waals surface area contributed by atoms with Gasteiger partial charge in [0, 0.05) is 39.8 Å². The summed E-state index contributed by atoms with van der Waals surface area (Å²) in [6.07, 6.45) is 2.25. The minimum Gasteiger partial charge on any atom is -0.356 e. The number of hydrogen-bond donors (Lipinski definition) is 2. The van der Waals surface area contributed by atoms with Gasteiger partial charge in [-0.3, -0.25) is 9.89 Å². The molecule has 6 heteroatoms. The first-order valence-electron chi connectivity index (χ1n) is 10.7. The molecule has 5 nitrogen and oxygen atoms in total. The van der Waals surface area contributed by atoms with Gasteiger partial charge in [0.05, 0.1) is 0 Å². The van der Waals surface area contributed by atoms with Crippen LogP contribution in [0.25, 0.3) is 0 Å². The average molecular weight is 521 g/mol. The molecule has 0 saturated carbocycles. The molecule has 1 aliphatic rings. The highest BCUT2D eigenvalue weighted by Crippen LogP contribution is 2.10. The molecule has 0 bridgehead atoms. The minimum atomic E-state index is 0. The van der Waals surface area contributed by atoms with E-state index in [4.69, 9.17) is 0 Å². The number of rotatable bonds is 7. The number of aliphatic imine (C=N–C) groups is 1. The lowest BCUT2D eigenvalue weighted by Crippen LogP contribution is -2.37. The molecule has 0 atom stereocenters. The topological polar surface area (TPSA) is 42.9 Å². The van der Waals surface area contributed by atoms with Crippen molar-refractivity contribution in [1.29, 1.82) is 0 Å². The molecule has 1 saturated heterocycles. The molecule has 2 N–H and O–H groups in total. The normalized spacial score (nSPS) is 15.9. The third-order valence-corrected chi connectivity index (χ3v) is 5.47. The number of halogens is 1. The summed E-state index contributed by atoms with van der Waals surface area (Å²) < 4.78 is 0. The SMILES string of the molecule is CN=C(NCCc1ccccc1)NCc1ccc(CN2CCCN(C)CC2)cc1.I. The molecular weight excluding hydrogens is 485 g/mol. The van der Waals surface area contributed by atoms with E-state index in [0.29, 0.717) is 0 Å². The maximum absolute atomic E-state index is 4.33. The predicted molar refractivity (Wildman–Crippen MR) is 138 cm³/mol. The molecule has 2 aromatic rings. The first-order chi connectivity index (χ1) is 14.2. The molecule has 1 aliphatic heterocycles. The maximum atomic E-state index is 4.33. The summed E-state index contributed by atoms with van der Waals surface area (Å²) in [5, 5.41) is 6.80. The van der Waals surface area contributed by atoms with E-state index in [0.717, 1.165) is 38.6 Å². The van der Waals surface area contributed by atoms with Crippen molar-refractivity contribution in [2.24, 2.45) is 4.99 Å². The summed E-state index contributed by atoms with van der Waals surface area (Å²) in [7, 11) is 4.04. The zero-order chi connectivity index (χ0) is 20.3. The fourth-order valence-electron chi connectivity index (χ4n) is 3.66. The Morgan fingerprint density at radius 3 is 2.33 bits per heavy atom. The second-order valence-electron chi connectivity index (χ2n) is 7.84. The highest BCUT2D eigenvalue weighted by molar-refractivity contribution is 14.0. The van der Waals surface area contributed by atoms with Gasteiger partial charge in [-0.2, -0.15) is 0 Å². The van der Waals surface area contributed by atoms with Crippen LogP contribution >= 0.6 is 24.0 Å². The molecule has 0 aliphatic carbocycles. The van der Waals surface area contributed by atoms with Gasteiger partial charge >= 0.3 is 0 Å². The van der Waals surface area contributed by atoms with E-state index in [2.05, 4.69) is 87.1 Å². The first-order valence-corrected chi connectivity index (χ1v) is 10.7. The molecule has 0 amide bonds. The fourth-order valence-corrected chi connectivity index (χ4v) is 3.66. The molecule has 1 fully saturated rings. The van der Waals surface area contributed by atoms with E-state index in [9.17, 15) is 0 Å². The fraction of sp³-hybridized carbons (Fsp3) is 0.458. The molecule has 0 radical (unpaired) electrons.